The monoisotopic (exact) mass is 250 g/mol. The molecule has 18 heavy (non-hydrogen) atoms. The van der Waals surface area contributed by atoms with Crippen LogP contribution in [0.5, 0.6) is 0 Å². The van der Waals surface area contributed by atoms with Gasteiger partial charge >= 0.3 is 11.7 Å². The first kappa shape index (κ1) is 12.4. The van der Waals surface area contributed by atoms with E-state index in [9.17, 15) is 9.59 Å². The molecule has 0 radical (unpaired) electrons. The number of aromatic amines is 1. The molecule has 96 valence electrons. The van der Waals surface area contributed by atoms with Gasteiger partial charge in [-0.05, 0) is 24.1 Å². The third-order valence-corrected chi connectivity index (χ3v) is 2.76. The fourth-order valence-electron chi connectivity index (χ4n) is 1.74. The minimum atomic E-state index is -0.495. The van der Waals surface area contributed by atoms with E-state index in [-0.39, 0.29) is 18.4 Å². The quantitative estimate of drug-likeness (QED) is 0.791. The van der Waals surface area contributed by atoms with Crippen LogP contribution in [0, 0.1) is 0 Å². The van der Waals surface area contributed by atoms with Crippen molar-refractivity contribution in [3.63, 3.8) is 0 Å². The number of hydrogen-bond acceptors (Lipinski definition) is 5. The maximum atomic E-state index is 11.0. The van der Waals surface area contributed by atoms with Crippen molar-refractivity contribution >= 4 is 17.1 Å². The van der Waals surface area contributed by atoms with Crippen LogP contribution in [0.2, 0.25) is 0 Å². The summed E-state index contributed by atoms with van der Waals surface area (Å²) < 4.78 is 9.45. The number of benzene rings is 1. The molecule has 1 aromatic carbocycles. The lowest BCUT2D eigenvalue weighted by atomic mass is 10.0. The Morgan fingerprint density at radius 2 is 2.33 bits per heavy atom. The number of rotatable bonds is 4. The number of fused-ring (bicyclic) bond motifs is 1. The normalized spacial score (nSPS) is 12.6. The third kappa shape index (κ3) is 2.60. The number of nitrogens with two attached hydrogens (primary N) is 1. The van der Waals surface area contributed by atoms with E-state index in [0.717, 1.165) is 5.56 Å². The zero-order valence-corrected chi connectivity index (χ0v) is 9.93. The number of ether oxygens (including phenoxy) is 1. The van der Waals surface area contributed by atoms with Crippen LogP contribution in [0.1, 0.15) is 24.4 Å². The summed E-state index contributed by atoms with van der Waals surface area (Å²) in [6, 6.07) is 4.93. The van der Waals surface area contributed by atoms with Gasteiger partial charge in [-0.15, -0.1) is 0 Å². The zero-order chi connectivity index (χ0) is 13.1. The predicted octanol–water partition coefficient (Wildman–Crippen LogP) is 1.07. The van der Waals surface area contributed by atoms with Gasteiger partial charge in [0.05, 0.1) is 12.6 Å². The van der Waals surface area contributed by atoms with Gasteiger partial charge in [0.25, 0.3) is 0 Å². The molecule has 0 saturated heterocycles. The highest BCUT2D eigenvalue weighted by Gasteiger charge is 2.11. The largest absolute Gasteiger partial charge is 0.469 e. The summed E-state index contributed by atoms with van der Waals surface area (Å²) in [7, 11) is 1.34. The minimum Gasteiger partial charge on any atom is -0.469 e. The Labute approximate surface area is 103 Å². The molecule has 0 aliphatic heterocycles. The first-order chi connectivity index (χ1) is 8.60. The maximum absolute atomic E-state index is 11.0. The van der Waals surface area contributed by atoms with Crippen LogP contribution in [-0.4, -0.2) is 18.1 Å². The second-order valence-electron chi connectivity index (χ2n) is 3.99. The summed E-state index contributed by atoms with van der Waals surface area (Å²) in [5.74, 6) is -0.784. The summed E-state index contributed by atoms with van der Waals surface area (Å²) in [5.41, 5.74) is 7.89. The Balaban J connectivity index is 2.14. The van der Waals surface area contributed by atoms with Crippen molar-refractivity contribution in [1.82, 2.24) is 4.98 Å². The number of esters is 1. The molecule has 3 N–H and O–H groups in total. The molecule has 0 aliphatic carbocycles. The molecule has 1 heterocycles. The van der Waals surface area contributed by atoms with Crippen molar-refractivity contribution in [3.8, 4) is 0 Å². The van der Waals surface area contributed by atoms with Gasteiger partial charge in [0.15, 0.2) is 5.58 Å². The average molecular weight is 250 g/mol. The molecule has 0 aliphatic rings. The van der Waals surface area contributed by atoms with E-state index in [4.69, 9.17) is 10.2 Å². The van der Waals surface area contributed by atoms with E-state index in [2.05, 4.69) is 9.72 Å². The van der Waals surface area contributed by atoms with Crippen LogP contribution < -0.4 is 11.5 Å². The van der Waals surface area contributed by atoms with Gasteiger partial charge in [-0.3, -0.25) is 9.78 Å². The number of nitrogens with one attached hydrogen (secondary N) is 1. The molecule has 2 rings (SSSR count). The van der Waals surface area contributed by atoms with Gasteiger partial charge in [-0.2, -0.15) is 0 Å². The Morgan fingerprint density at radius 3 is 3.06 bits per heavy atom. The van der Waals surface area contributed by atoms with Crippen molar-refractivity contribution in [2.75, 3.05) is 7.11 Å². The molecule has 0 fully saturated rings. The minimum absolute atomic E-state index is 0.262. The van der Waals surface area contributed by atoms with E-state index >= 15 is 0 Å². The van der Waals surface area contributed by atoms with Crippen molar-refractivity contribution in [2.24, 2.45) is 5.73 Å². The topological polar surface area (TPSA) is 98.3 Å². The number of H-pyrrole nitrogens is 1. The van der Waals surface area contributed by atoms with Crippen LogP contribution in [-0.2, 0) is 9.53 Å². The molecule has 6 heteroatoms. The molecule has 0 saturated carbocycles. The van der Waals surface area contributed by atoms with Crippen LogP contribution in [0.15, 0.2) is 27.4 Å². The third-order valence-electron chi connectivity index (χ3n) is 2.76. The summed E-state index contributed by atoms with van der Waals surface area (Å²) in [5, 5.41) is 0. The number of carbonyl (C=O) groups excluding carboxylic acids is 1. The lowest BCUT2D eigenvalue weighted by Crippen LogP contribution is -2.13. The highest BCUT2D eigenvalue weighted by atomic mass is 16.5. The standard InChI is InChI=1S/C12H14N2O4/c1-17-11(15)5-3-8(13)7-2-4-10-9(6-7)14-12(16)18-10/h2,4,6,8H,3,5,13H2,1H3,(H,14,16). The number of hydrogen-bond donors (Lipinski definition) is 2. The molecule has 6 nitrogen and oxygen atoms in total. The molecule has 1 atom stereocenters. The Kier molecular flexibility index (Phi) is 3.47. The van der Waals surface area contributed by atoms with Gasteiger partial charge in [0.2, 0.25) is 0 Å². The Bertz CT molecular complexity index is 614. The first-order valence-corrected chi connectivity index (χ1v) is 5.55. The maximum Gasteiger partial charge on any atom is 0.417 e. The Morgan fingerprint density at radius 1 is 1.56 bits per heavy atom. The molecule has 1 aromatic heterocycles. The highest BCUT2D eigenvalue weighted by Crippen LogP contribution is 2.20. The number of aromatic nitrogens is 1. The molecular weight excluding hydrogens is 236 g/mol. The van der Waals surface area contributed by atoms with E-state index in [1.165, 1.54) is 7.11 Å². The predicted molar refractivity (Wildman–Crippen MR) is 65.0 cm³/mol. The molecule has 1 unspecified atom stereocenters. The lowest BCUT2D eigenvalue weighted by Gasteiger charge is -2.10. The zero-order valence-electron chi connectivity index (χ0n) is 9.93. The molecule has 0 spiro atoms. The second-order valence-corrected chi connectivity index (χ2v) is 3.99. The van der Waals surface area contributed by atoms with Crippen molar-refractivity contribution in [2.45, 2.75) is 18.9 Å². The first-order valence-electron chi connectivity index (χ1n) is 5.55. The second kappa shape index (κ2) is 5.05. The highest BCUT2D eigenvalue weighted by molar-refractivity contribution is 5.73. The van der Waals surface area contributed by atoms with E-state index in [0.29, 0.717) is 17.5 Å². The fourth-order valence-corrected chi connectivity index (χ4v) is 1.74. The van der Waals surface area contributed by atoms with Crippen molar-refractivity contribution in [3.05, 3.63) is 34.3 Å². The van der Waals surface area contributed by atoms with Crippen molar-refractivity contribution < 1.29 is 13.9 Å². The van der Waals surface area contributed by atoms with Crippen LogP contribution in [0.4, 0.5) is 0 Å². The molecule has 0 amide bonds. The van der Waals surface area contributed by atoms with Gasteiger partial charge in [-0.1, -0.05) is 6.07 Å². The van der Waals surface area contributed by atoms with E-state index < -0.39 is 5.76 Å². The van der Waals surface area contributed by atoms with Gasteiger partial charge in [0.1, 0.15) is 0 Å². The molecular formula is C12H14N2O4. The van der Waals surface area contributed by atoms with E-state index in [1.807, 2.05) is 0 Å². The Hall–Kier alpha value is -2.08. The number of oxazole rings is 1. The number of methoxy groups -OCH3 is 1. The van der Waals surface area contributed by atoms with Gasteiger partial charge in [-0.25, -0.2) is 4.79 Å². The fraction of sp³-hybridized carbons (Fsp3) is 0.333. The van der Waals surface area contributed by atoms with E-state index in [1.54, 1.807) is 18.2 Å². The summed E-state index contributed by atoms with van der Waals surface area (Å²) in [6.07, 6.45) is 0.748. The average Bonchev–Trinajstić information content (AvgIpc) is 2.74. The SMILES string of the molecule is COC(=O)CCC(N)c1ccc2oc(=O)[nH]c2c1. The van der Waals surface area contributed by atoms with Gasteiger partial charge < -0.3 is 14.9 Å². The molecule has 0 bridgehead atoms. The lowest BCUT2D eigenvalue weighted by molar-refractivity contribution is -0.140. The van der Waals surface area contributed by atoms with Crippen LogP contribution in [0.3, 0.4) is 0 Å². The van der Waals surface area contributed by atoms with Crippen LogP contribution >= 0.6 is 0 Å². The summed E-state index contributed by atoms with van der Waals surface area (Å²) in [6.45, 7) is 0. The summed E-state index contributed by atoms with van der Waals surface area (Å²) >= 11 is 0. The van der Waals surface area contributed by atoms with Crippen molar-refractivity contribution in [1.29, 1.82) is 0 Å². The summed E-state index contributed by atoms with van der Waals surface area (Å²) in [4.78, 5) is 24.6. The van der Waals surface area contributed by atoms with Crippen LogP contribution in [0.25, 0.3) is 11.1 Å². The number of carbonyl (C=O) groups is 1. The van der Waals surface area contributed by atoms with Gasteiger partial charge in [0, 0.05) is 12.5 Å². The molecule has 2 aromatic rings. The smallest absolute Gasteiger partial charge is 0.417 e.